The lowest BCUT2D eigenvalue weighted by Crippen LogP contribution is -2.24. The second kappa shape index (κ2) is 5.78. The Bertz CT molecular complexity index is 1290. The fraction of sp³-hybridized carbons (Fsp3) is 0.318. The molecular formula is C22H21F3N4. The quantitative estimate of drug-likeness (QED) is 0.411. The van der Waals surface area contributed by atoms with Crippen LogP contribution in [0.25, 0.3) is 27.7 Å². The highest BCUT2D eigenvalue weighted by Gasteiger charge is 2.38. The van der Waals surface area contributed by atoms with Crippen LogP contribution in [0.3, 0.4) is 0 Å². The maximum atomic E-state index is 14.3. The van der Waals surface area contributed by atoms with E-state index in [2.05, 4.69) is 11.1 Å². The number of rotatable bonds is 0. The molecule has 0 aliphatic carbocycles. The third kappa shape index (κ3) is 2.42. The van der Waals surface area contributed by atoms with E-state index in [1.54, 1.807) is 17.7 Å². The average molecular weight is 398 g/mol. The molecule has 5 rings (SSSR count). The zero-order chi connectivity index (χ0) is 20.7. The zero-order valence-corrected chi connectivity index (χ0v) is 16.7. The molecule has 29 heavy (non-hydrogen) atoms. The Hall–Kier alpha value is -2.96. The van der Waals surface area contributed by atoms with Gasteiger partial charge in [0.05, 0.1) is 22.3 Å². The molecule has 0 saturated heterocycles. The number of aromatic nitrogens is 3. The number of pyridine rings is 1. The summed E-state index contributed by atoms with van der Waals surface area (Å²) >= 11 is 0. The maximum Gasteiger partial charge on any atom is 0.417 e. The molecule has 1 aliphatic heterocycles. The van der Waals surface area contributed by atoms with Gasteiger partial charge in [0.2, 0.25) is 0 Å². The Kier molecular flexibility index (Phi) is 3.61. The first-order valence-electron chi connectivity index (χ1n) is 9.56. The summed E-state index contributed by atoms with van der Waals surface area (Å²) in [5.41, 5.74) is 4.82. The van der Waals surface area contributed by atoms with E-state index in [0.29, 0.717) is 34.7 Å². The smallest absolute Gasteiger partial charge is 0.372 e. The van der Waals surface area contributed by atoms with Crippen molar-refractivity contribution in [1.82, 2.24) is 14.0 Å². The molecular weight excluding hydrogens is 377 g/mol. The van der Waals surface area contributed by atoms with Crippen molar-refractivity contribution >= 4 is 22.2 Å². The predicted molar refractivity (Wildman–Crippen MR) is 109 cm³/mol. The van der Waals surface area contributed by atoms with E-state index in [9.17, 15) is 13.2 Å². The number of hydrogen-bond acceptors (Lipinski definition) is 2. The first-order valence-corrected chi connectivity index (χ1v) is 9.56. The van der Waals surface area contributed by atoms with Crippen molar-refractivity contribution < 1.29 is 13.2 Å². The van der Waals surface area contributed by atoms with Crippen LogP contribution in [0.15, 0.2) is 30.5 Å². The van der Waals surface area contributed by atoms with Gasteiger partial charge in [-0.1, -0.05) is 6.07 Å². The van der Waals surface area contributed by atoms with Gasteiger partial charge in [0.15, 0.2) is 0 Å². The van der Waals surface area contributed by atoms with Gasteiger partial charge in [0.25, 0.3) is 0 Å². The molecule has 4 heterocycles. The van der Waals surface area contributed by atoms with E-state index in [-0.39, 0.29) is 5.56 Å². The van der Waals surface area contributed by atoms with Crippen molar-refractivity contribution in [2.45, 2.75) is 26.4 Å². The number of benzene rings is 1. The molecule has 0 unspecified atom stereocenters. The number of likely N-dealkylation sites (N-methyl/N-ethyl adjacent to an activating group) is 1. The standard InChI is InChI=1S/C22H21F3N4/c1-12-10-14-7-9-27(3)21-18(15-6-5-8-29(12)20(14)15)16(22(23,24)25)11-17-19(21)26-13(2)28(17)4/h5-6,8,10-11H,7,9H2,1-4H3. The maximum absolute atomic E-state index is 14.3. The Balaban J connectivity index is 2.05. The summed E-state index contributed by atoms with van der Waals surface area (Å²) in [6.45, 7) is 4.42. The fourth-order valence-corrected chi connectivity index (χ4v) is 4.60. The zero-order valence-electron chi connectivity index (χ0n) is 16.7. The summed E-state index contributed by atoms with van der Waals surface area (Å²) < 4.78 is 46.7. The van der Waals surface area contributed by atoms with Crippen LogP contribution in [0.4, 0.5) is 18.9 Å². The summed E-state index contributed by atoms with van der Waals surface area (Å²) in [6, 6.07) is 6.95. The van der Waals surface area contributed by atoms with Crippen LogP contribution in [0.2, 0.25) is 0 Å². The van der Waals surface area contributed by atoms with Crippen LogP contribution >= 0.6 is 0 Å². The highest BCUT2D eigenvalue weighted by Crippen LogP contribution is 2.48. The van der Waals surface area contributed by atoms with Gasteiger partial charge in [-0.25, -0.2) is 4.98 Å². The van der Waals surface area contributed by atoms with Gasteiger partial charge in [-0.2, -0.15) is 13.2 Å². The second-order valence-electron chi connectivity index (χ2n) is 7.85. The molecule has 1 aromatic carbocycles. The SMILES string of the molecule is Cc1nc2c3c(c(C(F)(F)F)cc2n1C)-c1cccn2c(C)cc(c12)CCN3C. The van der Waals surface area contributed by atoms with Gasteiger partial charge < -0.3 is 13.9 Å². The molecule has 4 nitrogen and oxygen atoms in total. The number of imidazole rings is 1. The molecule has 0 N–H and O–H groups in total. The Morgan fingerprint density at radius 3 is 2.59 bits per heavy atom. The van der Waals surface area contributed by atoms with Crippen molar-refractivity contribution in [2.24, 2.45) is 7.05 Å². The first-order chi connectivity index (χ1) is 13.7. The number of fused-ring (bicyclic) bond motifs is 4. The summed E-state index contributed by atoms with van der Waals surface area (Å²) in [6.07, 6.45) is -1.81. The van der Waals surface area contributed by atoms with E-state index < -0.39 is 11.7 Å². The van der Waals surface area contributed by atoms with Crippen LogP contribution < -0.4 is 4.90 Å². The fourth-order valence-electron chi connectivity index (χ4n) is 4.60. The molecule has 4 aromatic rings. The molecule has 3 aromatic heterocycles. The van der Waals surface area contributed by atoms with Crippen molar-refractivity contribution in [3.63, 3.8) is 0 Å². The molecule has 0 amide bonds. The summed E-state index contributed by atoms with van der Waals surface area (Å²) in [5.74, 6) is 0.689. The summed E-state index contributed by atoms with van der Waals surface area (Å²) in [5, 5.41) is 0. The number of alkyl halides is 3. The molecule has 7 heteroatoms. The Morgan fingerprint density at radius 2 is 1.86 bits per heavy atom. The molecule has 150 valence electrons. The van der Waals surface area contributed by atoms with Gasteiger partial charge >= 0.3 is 6.18 Å². The first kappa shape index (κ1) is 18.1. The third-order valence-corrected chi connectivity index (χ3v) is 6.11. The number of aryl methyl sites for hydroxylation is 3. The summed E-state index contributed by atoms with van der Waals surface area (Å²) in [4.78, 5) is 6.57. The van der Waals surface area contributed by atoms with E-state index >= 15 is 0 Å². The lowest BCUT2D eigenvalue weighted by Gasteiger charge is -2.28. The Labute approximate surface area is 166 Å². The number of hydrogen-bond donors (Lipinski definition) is 0. The van der Waals surface area contributed by atoms with Crippen LogP contribution in [0, 0.1) is 13.8 Å². The third-order valence-electron chi connectivity index (χ3n) is 6.11. The molecule has 0 atom stereocenters. The number of nitrogens with zero attached hydrogens (tertiary/aromatic N) is 4. The topological polar surface area (TPSA) is 25.5 Å². The van der Waals surface area contributed by atoms with Crippen molar-refractivity contribution in [2.75, 3.05) is 18.5 Å². The van der Waals surface area contributed by atoms with Gasteiger partial charge in [0.1, 0.15) is 11.3 Å². The lowest BCUT2D eigenvalue weighted by molar-refractivity contribution is -0.137. The minimum absolute atomic E-state index is 0.218. The van der Waals surface area contributed by atoms with Crippen LogP contribution in [-0.4, -0.2) is 27.5 Å². The van der Waals surface area contributed by atoms with Gasteiger partial charge in [-0.3, -0.25) is 0 Å². The van der Waals surface area contributed by atoms with E-state index in [1.165, 1.54) is 6.07 Å². The largest absolute Gasteiger partial charge is 0.417 e. The van der Waals surface area contributed by atoms with Crippen molar-refractivity contribution in [1.29, 1.82) is 0 Å². The van der Waals surface area contributed by atoms with Crippen LogP contribution in [-0.2, 0) is 19.6 Å². The monoisotopic (exact) mass is 398 g/mol. The lowest BCUT2D eigenvalue weighted by atomic mass is 9.92. The average Bonchev–Trinajstić information content (AvgIpc) is 3.13. The predicted octanol–water partition coefficient (Wildman–Crippen LogP) is 5.12. The normalized spacial score (nSPS) is 14.4. The Morgan fingerprint density at radius 1 is 1.10 bits per heavy atom. The molecule has 0 radical (unpaired) electrons. The highest BCUT2D eigenvalue weighted by molar-refractivity contribution is 6.04. The van der Waals surface area contributed by atoms with Crippen LogP contribution in [0.1, 0.15) is 22.6 Å². The van der Waals surface area contributed by atoms with Gasteiger partial charge in [-0.15, -0.1) is 0 Å². The highest BCUT2D eigenvalue weighted by atomic mass is 19.4. The minimum atomic E-state index is -4.48. The van der Waals surface area contributed by atoms with Gasteiger partial charge in [-0.05, 0) is 44.0 Å². The minimum Gasteiger partial charge on any atom is -0.372 e. The van der Waals surface area contributed by atoms with Crippen molar-refractivity contribution in [3.8, 4) is 11.1 Å². The molecule has 0 saturated carbocycles. The molecule has 0 bridgehead atoms. The van der Waals surface area contributed by atoms with E-state index in [4.69, 9.17) is 0 Å². The molecule has 0 spiro atoms. The molecule has 0 fully saturated rings. The number of halogens is 3. The van der Waals surface area contributed by atoms with Gasteiger partial charge in [0, 0.05) is 43.7 Å². The van der Waals surface area contributed by atoms with Crippen molar-refractivity contribution in [3.05, 3.63) is 53.1 Å². The number of anilines is 1. The second-order valence-corrected chi connectivity index (χ2v) is 7.85. The van der Waals surface area contributed by atoms with E-state index in [0.717, 1.165) is 23.2 Å². The molecule has 1 aliphatic rings. The van der Waals surface area contributed by atoms with Crippen LogP contribution in [0.5, 0.6) is 0 Å². The van der Waals surface area contributed by atoms with E-state index in [1.807, 2.05) is 42.5 Å². The summed E-state index contributed by atoms with van der Waals surface area (Å²) in [7, 11) is 3.62.